The number of halogens is 2. The van der Waals surface area contributed by atoms with Crippen molar-refractivity contribution in [2.75, 3.05) is 38.0 Å². The highest BCUT2D eigenvalue weighted by atomic mass is 35.5. The quantitative estimate of drug-likeness (QED) is 0.817. The van der Waals surface area contributed by atoms with Crippen LogP contribution in [0.3, 0.4) is 0 Å². The third-order valence-electron chi connectivity index (χ3n) is 4.18. The highest BCUT2D eigenvalue weighted by Gasteiger charge is 2.27. The highest BCUT2D eigenvalue weighted by molar-refractivity contribution is 5.92. The fourth-order valence-electron chi connectivity index (χ4n) is 2.56. The van der Waals surface area contributed by atoms with Crippen molar-refractivity contribution < 1.29 is 14.0 Å². The normalized spacial score (nSPS) is 16.3. The van der Waals surface area contributed by atoms with Gasteiger partial charge in [0.05, 0.1) is 12.6 Å². The summed E-state index contributed by atoms with van der Waals surface area (Å²) in [6.07, 6.45) is 0. The zero-order valence-electron chi connectivity index (χ0n) is 14.6. The summed E-state index contributed by atoms with van der Waals surface area (Å²) in [5.74, 6) is -0.411. The van der Waals surface area contributed by atoms with Gasteiger partial charge in [0, 0.05) is 31.9 Å². The minimum absolute atomic E-state index is 0. The number of rotatable bonds is 5. The van der Waals surface area contributed by atoms with Crippen molar-refractivity contribution in [3.05, 3.63) is 30.1 Å². The van der Waals surface area contributed by atoms with Gasteiger partial charge in [-0.2, -0.15) is 0 Å². The zero-order chi connectivity index (χ0) is 17.7. The van der Waals surface area contributed by atoms with Crippen LogP contribution in [0.1, 0.15) is 13.8 Å². The van der Waals surface area contributed by atoms with E-state index >= 15 is 0 Å². The first-order valence-corrected chi connectivity index (χ1v) is 8.19. The van der Waals surface area contributed by atoms with Crippen molar-refractivity contribution in [2.45, 2.75) is 19.9 Å². The molecule has 6 nitrogen and oxygen atoms in total. The molecule has 0 unspecified atom stereocenters. The molecule has 0 saturated carbocycles. The fraction of sp³-hybridized carbons (Fsp3) is 0.529. The first kappa shape index (κ1) is 21.3. The molecule has 25 heavy (non-hydrogen) atoms. The lowest BCUT2D eigenvalue weighted by atomic mass is 10.0. The molecule has 1 fully saturated rings. The Morgan fingerprint density at radius 1 is 1.16 bits per heavy atom. The van der Waals surface area contributed by atoms with E-state index in [2.05, 4.69) is 5.32 Å². The molecule has 3 N–H and O–H groups in total. The van der Waals surface area contributed by atoms with Gasteiger partial charge in [0.25, 0.3) is 0 Å². The number of nitrogens with zero attached hydrogens (tertiary/aromatic N) is 2. The number of benzene rings is 1. The van der Waals surface area contributed by atoms with Crippen LogP contribution in [-0.2, 0) is 9.59 Å². The Kier molecular flexibility index (Phi) is 8.28. The number of hydrogen-bond acceptors (Lipinski definition) is 4. The SMILES string of the molecule is CC(C)[C@H](N)C(=O)N1CCN(CC(=O)Nc2ccc(F)cc2)CC1.Cl. The number of amides is 2. The maximum Gasteiger partial charge on any atom is 0.239 e. The lowest BCUT2D eigenvalue weighted by Gasteiger charge is -2.36. The van der Waals surface area contributed by atoms with E-state index in [1.165, 1.54) is 24.3 Å². The summed E-state index contributed by atoms with van der Waals surface area (Å²) >= 11 is 0. The van der Waals surface area contributed by atoms with Crippen LogP contribution in [0.5, 0.6) is 0 Å². The standard InChI is InChI=1S/C17H25FN4O2.ClH/c1-12(2)16(19)17(24)22-9-7-21(8-10-22)11-15(23)20-14-5-3-13(18)4-6-14;/h3-6,12,16H,7-11,19H2,1-2H3,(H,20,23);1H/t16-;/m0./s1. The van der Waals surface area contributed by atoms with E-state index in [4.69, 9.17) is 5.73 Å². The van der Waals surface area contributed by atoms with Crippen LogP contribution in [-0.4, -0.2) is 60.4 Å². The molecule has 140 valence electrons. The van der Waals surface area contributed by atoms with Crippen LogP contribution >= 0.6 is 12.4 Å². The van der Waals surface area contributed by atoms with E-state index in [1.54, 1.807) is 4.90 Å². The van der Waals surface area contributed by atoms with Gasteiger partial charge < -0.3 is 16.0 Å². The third kappa shape index (κ3) is 6.26. The second-order valence-electron chi connectivity index (χ2n) is 6.43. The lowest BCUT2D eigenvalue weighted by molar-refractivity contribution is -0.135. The number of hydrogen-bond donors (Lipinski definition) is 2. The summed E-state index contributed by atoms with van der Waals surface area (Å²) in [6.45, 7) is 6.51. The van der Waals surface area contributed by atoms with E-state index in [0.717, 1.165) is 0 Å². The number of carbonyl (C=O) groups is 2. The predicted octanol–water partition coefficient (Wildman–Crippen LogP) is 1.31. The van der Waals surface area contributed by atoms with Gasteiger partial charge in [-0.15, -0.1) is 12.4 Å². The summed E-state index contributed by atoms with van der Waals surface area (Å²) in [6, 6.07) is 5.18. The molecule has 0 bridgehead atoms. The molecule has 1 heterocycles. The number of nitrogens with one attached hydrogen (secondary N) is 1. The van der Waals surface area contributed by atoms with Crippen molar-refractivity contribution in [3.8, 4) is 0 Å². The molecule has 2 amide bonds. The van der Waals surface area contributed by atoms with Crippen molar-refractivity contribution in [2.24, 2.45) is 11.7 Å². The molecular formula is C17H26ClFN4O2. The van der Waals surface area contributed by atoms with E-state index in [9.17, 15) is 14.0 Å². The molecule has 0 radical (unpaired) electrons. The largest absolute Gasteiger partial charge is 0.339 e. The molecule has 1 aromatic rings. The van der Waals surface area contributed by atoms with Gasteiger partial charge >= 0.3 is 0 Å². The first-order chi connectivity index (χ1) is 11.4. The van der Waals surface area contributed by atoms with Crippen LogP contribution in [0.25, 0.3) is 0 Å². The third-order valence-corrected chi connectivity index (χ3v) is 4.18. The lowest BCUT2D eigenvalue weighted by Crippen LogP contribution is -2.55. The summed E-state index contributed by atoms with van der Waals surface area (Å²) in [4.78, 5) is 28.0. The van der Waals surface area contributed by atoms with Crippen molar-refractivity contribution >= 4 is 29.9 Å². The summed E-state index contributed by atoms with van der Waals surface area (Å²) < 4.78 is 12.8. The Hall–Kier alpha value is -1.70. The second-order valence-corrected chi connectivity index (χ2v) is 6.43. The molecule has 1 aromatic carbocycles. The van der Waals surface area contributed by atoms with E-state index in [1.807, 2.05) is 18.7 Å². The monoisotopic (exact) mass is 372 g/mol. The topological polar surface area (TPSA) is 78.7 Å². The van der Waals surface area contributed by atoms with Crippen molar-refractivity contribution in [1.82, 2.24) is 9.80 Å². The summed E-state index contributed by atoms with van der Waals surface area (Å²) in [7, 11) is 0. The Labute approximate surface area is 153 Å². The van der Waals surface area contributed by atoms with Crippen LogP contribution in [0.2, 0.25) is 0 Å². The number of nitrogens with two attached hydrogens (primary N) is 1. The Morgan fingerprint density at radius 3 is 2.24 bits per heavy atom. The Bertz CT molecular complexity index is 575. The number of carbonyl (C=O) groups excluding carboxylic acids is 2. The summed E-state index contributed by atoms with van der Waals surface area (Å²) in [5.41, 5.74) is 6.47. The molecular weight excluding hydrogens is 347 g/mol. The molecule has 0 aliphatic carbocycles. The molecule has 1 atom stereocenters. The van der Waals surface area contributed by atoms with Gasteiger partial charge in [-0.1, -0.05) is 13.8 Å². The maximum absolute atomic E-state index is 12.8. The van der Waals surface area contributed by atoms with Crippen LogP contribution in [0.15, 0.2) is 24.3 Å². The first-order valence-electron chi connectivity index (χ1n) is 8.19. The van der Waals surface area contributed by atoms with Gasteiger partial charge in [-0.25, -0.2) is 4.39 Å². The summed E-state index contributed by atoms with van der Waals surface area (Å²) in [5, 5.41) is 2.74. The molecule has 2 rings (SSSR count). The maximum atomic E-state index is 12.8. The van der Waals surface area contributed by atoms with Crippen LogP contribution in [0, 0.1) is 11.7 Å². The Balaban J connectivity index is 0.00000312. The van der Waals surface area contributed by atoms with Gasteiger partial charge in [-0.05, 0) is 30.2 Å². The molecule has 1 aliphatic rings. The molecule has 0 aromatic heterocycles. The van der Waals surface area contributed by atoms with Gasteiger partial charge in [0.2, 0.25) is 11.8 Å². The fourth-order valence-corrected chi connectivity index (χ4v) is 2.56. The van der Waals surface area contributed by atoms with Gasteiger partial charge in [-0.3, -0.25) is 14.5 Å². The van der Waals surface area contributed by atoms with Gasteiger partial charge in [0.15, 0.2) is 0 Å². The molecule has 1 aliphatic heterocycles. The van der Waals surface area contributed by atoms with E-state index in [-0.39, 0.29) is 42.5 Å². The van der Waals surface area contributed by atoms with E-state index in [0.29, 0.717) is 31.9 Å². The molecule has 1 saturated heterocycles. The molecule has 0 spiro atoms. The highest BCUT2D eigenvalue weighted by Crippen LogP contribution is 2.10. The smallest absolute Gasteiger partial charge is 0.239 e. The average Bonchev–Trinajstić information content (AvgIpc) is 2.56. The van der Waals surface area contributed by atoms with E-state index < -0.39 is 6.04 Å². The average molecular weight is 373 g/mol. The van der Waals surface area contributed by atoms with Crippen molar-refractivity contribution in [1.29, 1.82) is 0 Å². The Morgan fingerprint density at radius 2 is 1.72 bits per heavy atom. The minimum atomic E-state index is -0.474. The van der Waals surface area contributed by atoms with Gasteiger partial charge in [0.1, 0.15) is 5.82 Å². The number of piperazine rings is 1. The molecule has 8 heteroatoms. The van der Waals surface area contributed by atoms with Crippen LogP contribution in [0.4, 0.5) is 10.1 Å². The predicted molar refractivity (Wildman–Crippen MR) is 98.1 cm³/mol. The number of anilines is 1. The zero-order valence-corrected chi connectivity index (χ0v) is 15.4. The second kappa shape index (κ2) is 9.70. The van der Waals surface area contributed by atoms with Crippen molar-refractivity contribution in [3.63, 3.8) is 0 Å². The van der Waals surface area contributed by atoms with Crippen LogP contribution < -0.4 is 11.1 Å². The minimum Gasteiger partial charge on any atom is -0.339 e.